The molecule has 4 atom stereocenters. The van der Waals surface area contributed by atoms with Crippen molar-refractivity contribution in [3.05, 3.63) is 0 Å². The number of rotatable bonds is 2. The van der Waals surface area contributed by atoms with Gasteiger partial charge in [0.15, 0.2) is 0 Å². The fourth-order valence-electron chi connectivity index (χ4n) is 2.75. The van der Waals surface area contributed by atoms with E-state index in [-0.39, 0.29) is 18.7 Å². The zero-order chi connectivity index (χ0) is 11.9. The third-order valence-corrected chi connectivity index (χ3v) is 3.51. The van der Waals surface area contributed by atoms with Crippen molar-refractivity contribution in [3.8, 4) is 0 Å². The van der Waals surface area contributed by atoms with Gasteiger partial charge in [-0.15, -0.1) is 0 Å². The molecule has 2 rings (SSSR count). The third-order valence-electron chi connectivity index (χ3n) is 3.51. The topological polar surface area (TPSA) is 58.6 Å². The molecule has 2 fully saturated rings. The van der Waals surface area contributed by atoms with E-state index < -0.39 is 5.60 Å². The van der Waals surface area contributed by atoms with Gasteiger partial charge in [-0.25, -0.2) is 4.79 Å². The number of amides is 1. The van der Waals surface area contributed by atoms with Crippen molar-refractivity contribution in [3.63, 3.8) is 0 Å². The second kappa shape index (κ2) is 3.91. The van der Waals surface area contributed by atoms with Crippen molar-refractivity contribution in [2.24, 2.45) is 17.8 Å². The van der Waals surface area contributed by atoms with Crippen molar-refractivity contribution in [1.29, 1.82) is 0 Å². The highest BCUT2D eigenvalue weighted by atomic mass is 16.6. The minimum absolute atomic E-state index is 0.206. The number of fused-ring (bicyclic) bond motifs is 1. The summed E-state index contributed by atoms with van der Waals surface area (Å²) >= 11 is 0. The molecule has 0 radical (unpaired) electrons. The van der Waals surface area contributed by atoms with Gasteiger partial charge < -0.3 is 15.2 Å². The fourth-order valence-corrected chi connectivity index (χ4v) is 2.75. The number of alkyl carbamates (subject to hydrolysis) is 1. The lowest BCUT2D eigenvalue weighted by molar-refractivity contribution is 0.0496. The summed E-state index contributed by atoms with van der Waals surface area (Å²) in [4.78, 5) is 11.6. The van der Waals surface area contributed by atoms with Crippen LogP contribution in [0.1, 0.15) is 33.6 Å². The molecule has 4 nitrogen and oxygen atoms in total. The van der Waals surface area contributed by atoms with Crippen LogP contribution < -0.4 is 5.32 Å². The van der Waals surface area contributed by atoms with Gasteiger partial charge in [0.25, 0.3) is 0 Å². The van der Waals surface area contributed by atoms with E-state index in [1.165, 1.54) is 0 Å². The number of aliphatic hydroxyl groups is 1. The Morgan fingerprint density at radius 2 is 2.06 bits per heavy atom. The average molecular weight is 227 g/mol. The Labute approximate surface area is 96.4 Å². The van der Waals surface area contributed by atoms with Crippen LogP contribution in [0.25, 0.3) is 0 Å². The monoisotopic (exact) mass is 227 g/mol. The van der Waals surface area contributed by atoms with E-state index in [1.54, 1.807) is 0 Å². The van der Waals surface area contributed by atoms with Crippen LogP contribution in [-0.2, 0) is 4.74 Å². The number of carbonyl (C=O) groups is 1. The van der Waals surface area contributed by atoms with Crippen molar-refractivity contribution in [2.75, 3.05) is 6.61 Å². The minimum Gasteiger partial charge on any atom is -0.444 e. The van der Waals surface area contributed by atoms with Gasteiger partial charge in [0.05, 0.1) is 0 Å². The zero-order valence-electron chi connectivity index (χ0n) is 10.2. The van der Waals surface area contributed by atoms with Crippen LogP contribution in [0.5, 0.6) is 0 Å². The van der Waals surface area contributed by atoms with Crippen LogP contribution in [0, 0.1) is 17.8 Å². The highest BCUT2D eigenvalue weighted by Gasteiger charge is 2.54. The normalized spacial score (nSPS) is 36.8. The zero-order valence-corrected chi connectivity index (χ0v) is 10.2. The minimum atomic E-state index is -0.442. The van der Waals surface area contributed by atoms with Gasteiger partial charge in [0.1, 0.15) is 5.60 Å². The van der Waals surface area contributed by atoms with E-state index in [9.17, 15) is 4.79 Å². The molecule has 0 aromatic rings. The van der Waals surface area contributed by atoms with Gasteiger partial charge in [-0.2, -0.15) is 0 Å². The number of carbonyl (C=O) groups excluding carboxylic acids is 1. The van der Waals surface area contributed by atoms with Gasteiger partial charge in [0.2, 0.25) is 0 Å². The molecule has 16 heavy (non-hydrogen) atoms. The lowest BCUT2D eigenvalue weighted by Crippen LogP contribution is -2.39. The Bertz CT molecular complexity index is 284. The van der Waals surface area contributed by atoms with Crippen molar-refractivity contribution in [2.45, 2.75) is 45.3 Å². The number of aliphatic hydroxyl groups excluding tert-OH is 1. The number of hydrogen-bond acceptors (Lipinski definition) is 3. The fraction of sp³-hybridized carbons (Fsp3) is 0.917. The largest absolute Gasteiger partial charge is 0.444 e. The average Bonchev–Trinajstić information content (AvgIpc) is 2.83. The molecular formula is C12H21NO3. The van der Waals surface area contributed by atoms with E-state index in [4.69, 9.17) is 9.84 Å². The molecule has 0 saturated heterocycles. The van der Waals surface area contributed by atoms with E-state index in [2.05, 4.69) is 5.32 Å². The highest BCUT2D eigenvalue weighted by Crippen LogP contribution is 2.55. The number of hydrogen-bond donors (Lipinski definition) is 2. The molecule has 4 heteroatoms. The summed E-state index contributed by atoms with van der Waals surface area (Å²) in [5, 5.41) is 12.1. The van der Waals surface area contributed by atoms with Gasteiger partial charge in [-0.1, -0.05) is 0 Å². The summed E-state index contributed by atoms with van der Waals surface area (Å²) in [7, 11) is 0. The van der Waals surface area contributed by atoms with Crippen molar-refractivity contribution < 1.29 is 14.6 Å². The lowest BCUT2D eigenvalue weighted by Gasteiger charge is -2.22. The molecule has 2 aliphatic rings. The molecule has 0 aromatic carbocycles. The molecule has 0 bridgehead atoms. The molecular weight excluding hydrogens is 206 g/mol. The van der Waals surface area contributed by atoms with Crippen molar-refractivity contribution >= 4 is 6.09 Å². The number of nitrogens with one attached hydrogen (secondary N) is 1. The first-order valence-corrected chi connectivity index (χ1v) is 6.01. The van der Waals surface area contributed by atoms with Gasteiger partial charge in [0, 0.05) is 12.6 Å². The molecule has 0 aliphatic heterocycles. The van der Waals surface area contributed by atoms with Crippen LogP contribution in [0.2, 0.25) is 0 Å². The third kappa shape index (κ3) is 2.48. The standard InChI is InChI=1S/C12H21NO3/c1-12(2,3)16-11(15)13-10-4-7(6-14)8-5-9(8)10/h7-10,14H,4-6H2,1-3H3,(H,13,15)/t7-,8-,9-,10-/m0/s1. The Balaban J connectivity index is 1.81. The Morgan fingerprint density at radius 3 is 2.56 bits per heavy atom. The summed E-state index contributed by atoms with van der Waals surface area (Å²) in [6.07, 6.45) is 1.71. The highest BCUT2D eigenvalue weighted by molar-refractivity contribution is 5.68. The van der Waals surface area contributed by atoms with Crippen molar-refractivity contribution in [1.82, 2.24) is 5.32 Å². The van der Waals surface area contributed by atoms with Gasteiger partial charge in [-0.3, -0.25) is 0 Å². The van der Waals surface area contributed by atoms with E-state index >= 15 is 0 Å². The van der Waals surface area contributed by atoms with Crippen LogP contribution in [-0.4, -0.2) is 29.4 Å². The SMILES string of the molecule is CC(C)(C)OC(=O)N[C@H]1C[C@@H](CO)[C@@H]2C[C@@H]21. The Kier molecular flexibility index (Phi) is 2.86. The first-order chi connectivity index (χ1) is 7.40. The lowest BCUT2D eigenvalue weighted by atomic mass is 10.0. The summed E-state index contributed by atoms with van der Waals surface area (Å²) in [6, 6.07) is 0.206. The van der Waals surface area contributed by atoms with Gasteiger partial charge in [-0.05, 0) is 51.4 Å². The van der Waals surface area contributed by atoms with Crippen LogP contribution in [0.3, 0.4) is 0 Å². The van der Waals surface area contributed by atoms with Gasteiger partial charge >= 0.3 is 6.09 Å². The quantitative estimate of drug-likeness (QED) is 0.752. The molecule has 2 aliphatic carbocycles. The summed E-state index contributed by atoms with van der Waals surface area (Å²) in [5.74, 6) is 1.58. The Morgan fingerprint density at radius 1 is 1.38 bits per heavy atom. The first kappa shape index (κ1) is 11.7. The molecule has 2 saturated carbocycles. The Hall–Kier alpha value is -0.770. The molecule has 0 heterocycles. The maximum absolute atomic E-state index is 11.6. The molecule has 92 valence electrons. The van der Waals surface area contributed by atoms with E-state index in [0.29, 0.717) is 17.8 Å². The maximum Gasteiger partial charge on any atom is 0.407 e. The summed E-state index contributed by atoms with van der Waals surface area (Å²) in [6.45, 7) is 5.82. The molecule has 1 amide bonds. The second-order valence-corrected chi connectivity index (χ2v) is 5.99. The predicted octanol–water partition coefficient (Wildman–Crippen LogP) is 1.53. The van der Waals surface area contributed by atoms with Crippen LogP contribution >= 0.6 is 0 Å². The molecule has 0 aromatic heterocycles. The summed E-state index contributed by atoms with van der Waals surface area (Å²) in [5.41, 5.74) is -0.442. The molecule has 0 spiro atoms. The molecule has 2 N–H and O–H groups in total. The van der Waals surface area contributed by atoms with E-state index in [1.807, 2.05) is 20.8 Å². The summed E-state index contributed by atoms with van der Waals surface area (Å²) < 4.78 is 5.22. The molecule has 0 unspecified atom stereocenters. The predicted molar refractivity (Wildman–Crippen MR) is 59.9 cm³/mol. The number of ether oxygens (including phenoxy) is 1. The smallest absolute Gasteiger partial charge is 0.407 e. The second-order valence-electron chi connectivity index (χ2n) is 5.99. The van der Waals surface area contributed by atoms with E-state index in [0.717, 1.165) is 12.8 Å². The first-order valence-electron chi connectivity index (χ1n) is 6.01. The maximum atomic E-state index is 11.6. The van der Waals surface area contributed by atoms with Crippen LogP contribution in [0.15, 0.2) is 0 Å². The van der Waals surface area contributed by atoms with Crippen LogP contribution in [0.4, 0.5) is 4.79 Å².